The summed E-state index contributed by atoms with van der Waals surface area (Å²) in [5.41, 5.74) is 3.10. The van der Waals surface area contributed by atoms with Gasteiger partial charge >= 0.3 is 5.97 Å². The monoisotopic (exact) mass is 179 g/mol. The summed E-state index contributed by atoms with van der Waals surface area (Å²) in [6, 6.07) is 0. The Kier molecular flexibility index (Phi) is 2.72. The summed E-state index contributed by atoms with van der Waals surface area (Å²) in [4.78, 5) is 10.5. The van der Waals surface area contributed by atoms with Gasteiger partial charge in [0.05, 0.1) is 0 Å². The van der Waals surface area contributed by atoms with Crippen molar-refractivity contribution < 1.29 is 19.6 Å². The summed E-state index contributed by atoms with van der Waals surface area (Å²) in [5, 5.41) is 15.8. The lowest BCUT2D eigenvalue weighted by Gasteiger charge is -2.29. The van der Waals surface area contributed by atoms with Gasteiger partial charge in [-0.25, -0.2) is 0 Å². The van der Waals surface area contributed by atoms with Crippen molar-refractivity contribution in [2.75, 3.05) is 0 Å². The van der Waals surface area contributed by atoms with Gasteiger partial charge in [0.25, 0.3) is 0 Å². The van der Waals surface area contributed by atoms with Crippen molar-refractivity contribution in [2.24, 2.45) is 5.73 Å². The van der Waals surface area contributed by atoms with E-state index in [0.717, 1.165) is 13.8 Å². The van der Waals surface area contributed by atoms with Gasteiger partial charge in [-0.05, 0) is 13.8 Å². The lowest BCUT2D eigenvalue weighted by molar-refractivity contribution is -0.146. The largest absolute Gasteiger partial charge is 0.480 e. The first-order valence-corrected chi connectivity index (χ1v) is 3.66. The Hall–Kier alpha value is -0.510. The third-order valence-corrected chi connectivity index (χ3v) is 2.59. The van der Waals surface area contributed by atoms with Gasteiger partial charge in [0, 0.05) is 0 Å². The van der Waals surface area contributed by atoms with Crippen LogP contribution in [0.3, 0.4) is 0 Å². The van der Waals surface area contributed by atoms with E-state index in [1.165, 1.54) is 0 Å². The average molecular weight is 179 g/mol. The second-order valence-electron chi connectivity index (χ2n) is 2.62. The molecule has 2 unspecified atom stereocenters. The fourth-order valence-electron chi connectivity index (χ4n) is 0.348. The van der Waals surface area contributed by atoms with Crippen LogP contribution < -0.4 is 5.73 Å². The molecule has 0 radical (unpaired) electrons. The maximum absolute atomic E-state index is 10.5. The van der Waals surface area contributed by atoms with Gasteiger partial charge in [0.1, 0.15) is 5.72 Å². The van der Waals surface area contributed by atoms with Crippen molar-refractivity contribution in [2.45, 2.75) is 24.7 Å². The molecular formula is C5H10NO4P. The van der Waals surface area contributed by atoms with Crippen LogP contribution in [0.15, 0.2) is 0 Å². The highest BCUT2D eigenvalue weighted by molar-refractivity contribution is 7.28. The Morgan fingerprint density at radius 1 is 1.55 bits per heavy atom. The summed E-state index contributed by atoms with van der Waals surface area (Å²) in [6.45, 7) is 2.19. The van der Waals surface area contributed by atoms with Crippen LogP contribution in [0.5, 0.6) is 0 Å². The number of aliphatic hydroxyl groups is 1. The van der Waals surface area contributed by atoms with E-state index in [2.05, 4.69) is 0 Å². The topological polar surface area (TPSA) is 101 Å². The molecule has 0 aliphatic heterocycles. The molecule has 0 amide bonds. The number of aliphatic carboxylic acids is 1. The number of rotatable bonds is 3. The lowest BCUT2D eigenvalue weighted by Crippen LogP contribution is -2.57. The van der Waals surface area contributed by atoms with Crippen LogP contribution in [-0.4, -0.2) is 27.1 Å². The number of carbonyl (C=O) groups is 1. The average Bonchev–Trinajstić information content (AvgIpc) is 1.83. The Balaban J connectivity index is 4.91. The van der Waals surface area contributed by atoms with Crippen LogP contribution in [0.25, 0.3) is 0 Å². The summed E-state index contributed by atoms with van der Waals surface area (Å²) < 4.78 is 10.4. The Morgan fingerprint density at radius 3 is 1.91 bits per heavy atom. The van der Waals surface area contributed by atoms with Crippen LogP contribution in [0.1, 0.15) is 13.8 Å². The molecule has 64 valence electrons. The lowest BCUT2D eigenvalue weighted by atomic mass is 10.00. The zero-order chi connectivity index (χ0) is 9.28. The van der Waals surface area contributed by atoms with E-state index >= 15 is 0 Å². The van der Waals surface area contributed by atoms with E-state index in [1.807, 2.05) is 0 Å². The van der Waals surface area contributed by atoms with Gasteiger partial charge in [0.2, 0.25) is 0 Å². The number of nitrogens with two attached hydrogens (primary N) is 1. The quantitative estimate of drug-likeness (QED) is 0.411. The Labute approximate surface area is 65.4 Å². The molecule has 11 heavy (non-hydrogen) atoms. The fraction of sp³-hybridized carbons (Fsp3) is 0.800. The summed E-state index contributed by atoms with van der Waals surface area (Å²) in [7, 11) is -0.714. The van der Waals surface area contributed by atoms with E-state index < -0.39 is 25.3 Å². The highest BCUT2D eigenvalue weighted by atomic mass is 31.1. The third kappa shape index (κ3) is 1.74. The van der Waals surface area contributed by atoms with Gasteiger partial charge in [-0.3, -0.25) is 9.36 Å². The highest BCUT2D eigenvalue weighted by Crippen LogP contribution is 2.31. The van der Waals surface area contributed by atoms with E-state index in [1.54, 1.807) is 0 Å². The minimum atomic E-state index is -2.00. The molecule has 0 aromatic rings. The number of hydrogen-bond acceptors (Lipinski definition) is 4. The molecule has 0 spiro atoms. The molecule has 6 heteroatoms. The maximum atomic E-state index is 10.5. The smallest absolute Gasteiger partial charge is 0.325 e. The van der Waals surface area contributed by atoms with Crippen LogP contribution in [0.4, 0.5) is 0 Å². The van der Waals surface area contributed by atoms with E-state index in [4.69, 9.17) is 15.9 Å². The van der Waals surface area contributed by atoms with Crippen molar-refractivity contribution in [1.29, 1.82) is 0 Å². The molecule has 0 aliphatic rings. The van der Waals surface area contributed by atoms with Gasteiger partial charge in [0.15, 0.2) is 13.6 Å². The molecule has 0 aliphatic carbocycles. The molecule has 0 aromatic heterocycles. The molecule has 0 saturated heterocycles. The minimum absolute atomic E-state index is 0.714. The van der Waals surface area contributed by atoms with Crippen molar-refractivity contribution >= 4 is 14.4 Å². The van der Waals surface area contributed by atoms with Gasteiger partial charge in [-0.1, -0.05) is 0 Å². The zero-order valence-electron chi connectivity index (χ0n) is 6.24. The molecule has 0 saturated carbocycles. The van der Waals surface area contributed by atoms with Crippen molar-refractivity contribution in [3.8, 4) is 0 Å². The maximum Gasteiger partial charge on any atom is 0.325 e. The fourth-order valence-corrected chi connectivity index (χ4v) is 0.611. The molecule has 0 bridgehead atoms. The van der Waals surface area contributed by atoms with Gasteiger partial charge in [-0.2, -0.15) is 0 Å². The first-order valence-electron chi connectivity index (χ1n) is 2.85. The minimum Gasteiger partial charge on any atom is -0.480 e. The van der Waals surface area contributed by atoms with Crippen LogP contribution in [0, 0.1) is 0 Å². The standard InChI is InChI=1S/C5H10NO4P/c1-4(11-10,3(7)8)5(2,6)9/h9H,6H2,1-2H3,(H,7,8). The molecule has 0 rings (SSSR count). The zero-order valence-corrected chi connectivity index (χ0v) is 7.13. The number of carboxylic acids is 1. The molecule has 4 N–H and O–H groups in total. The molecule has 0 aromatic carbocycles. The molecule has 2 atom stereocenters. The van der Waals surface area contributed by atoms with Crippen LogP contribution in [-0.2, 0) is 9.36 Å². The first-order chi connectivity index (χ1) is 4.75. The third-order valence-electron chi connectivity index (χ3n) is 1.58. The Morgan fingerprint density at radius 2 is 1.91 bits per heavy atom. The van der Waals surface area contributed by atoms with Gasteiger partial charge in [-0.15, -0.1) is 0 Å². The number of hydrogen-bond donors (Lipinski definition) is 3. The predicted octanol–water partition coefficient (Wildman–Crippen LogP) is -0.211. The van der Waals surface area contributed by atoms with Crippen molar-refractivity contribution in [3.63, 3.8) is 0 Å². The SMILES string of the molecule is CC(N)(O)C(C)(P=O)C(=O)O. The predicted molar refractivity (Wildman–Crippen MR) is 38.5 cm³/mol. The summed E-state index contributed by atoms with van der Waals surface area (Å²) in [6.07, 6.45) is 0. The van der Waals surface area contributed by atoms with Crippen LogP contribution in [0.2, 0.25) is 0 Å². The molecule has 0 fully saturated rings. The number of carboxylic acid groups (broad SMARTS) is 1. The van der Waals surface area contributed by atoms with E-state index in [9.17, 15) is 9.36 Å². The Bertz CT molecular complexity index is 187. The molecule has 0 heterocycles. The van der Waals surface area contributed by atoms with Gasteiger partial charge < -0.3 is 15.9 Å². The highest BCUT2D eigenvalue weighted by Gasteiger charge is 2.48. The van der Waals surface area contributed by atoms with E-state index in [0.29, 0.717) is 0 Å². The van der Waals surface area contributed by atoms with Crippen molar-refractivity contribution in [1.82, 2.24) is 0 Å². The van der Waals surface area contributed by atoms with E-state index in [-0.39, 0.29) is 0 Å². The second-order valence-corrected chi connectivity index (χ2v) is 3.69. The molecular weight excluding hydrogens is 169 g/mol. The van der Waals surface area contributed by atoms with Crippen LogP contribution >= 0.6 is 8.46 Å². The summed E-state index contributed by atoms with van der Waals surface area (Å²) in [5.74, 6) is -1.40. The normalized spacial score (nSPS) is 22.2. The van der Waals surface area contributed by atoms with Crippen molar-refractivity contribution in [3.05, 3.63) is 0 Å². The first kappa shape index (κ1) is 10.5. The second kappa shape index (κ2) is 2.85. The summed E-state index contributed by atoms with van der Waals surface area (Å²) >= 11 is 0. The molecule has 5 nitrogen and oxygen atoms in total.